The van der Waals surface area contributed by atoms with Crippen LogP contribution in [0, 0.1) is 54.6 Å². The molecule has 36 heavy (non-hydrogen) atoms. The number of hydrogen-bond donors (Lipinski definition) is 0. The molecule has 0 fully saturated rings. The summed E-state index contributed by atoms with van der Waals surface area (Å²) in [5.41, 5.74) is 2.14. The molecule has 0 atom stereocenters. The molecule has 0 spiro atoms. The number of rotatable bonds is 2. The van der Waals surface area contributed by atoms with Crippen molar-refractivity contribution in [2.75, 3.05) is 0 Å². The van der Waals surface area contributed by atoms with Crippen molar-refractivity contribution < 1.29 is 30.7 Å². The van der Waals surface area contributed by atoms with E-state index in [1.165, 1.54) is 0 Å². The minimum atomic E-state index is -2.18. The number of aryl methyl sites for hydroxylation is 2. The third kappa shape index (κ3) is 3.79. The minimum Gasteiger partial charge on any atom is -0.204 e. The van der Waals surface area contributed by atoms with Gasteiger partial charge in [0.05, 0.1) is 0 Å². The van der Waals surface area contributed by atoms with Crippen molar-refractivity contribution in [1.82, 2.24) is 0 Å². The maximum atomic E-state index is 15.4. The summed E-state index contributed by atoms with van der Waals surface area (Å²) in [5, 5.41) is -3.00. The van der Waals surface area contributed by atoms with Crippen LogP contribution in [0.25, 0.3) is 43.8 Å². The van der Waals surface area contributed by atoms with Gasteiger partial charge in [0.15, 0.2) is 40.7 Å². The third-order valence-electron chi connectivity index (χ3n) is 6.13. The Balaban J connectivity index is 0.00000304. The van der Waals surface area contributed by atoms with Gasteiger partial charge in [-0.05, 0) is 42.0 Å². The van der Waals surface area contributed by atoms with Gasteiger partial charge in [-0.25, -0.2) is 30.7 Å². The van der Waals surface area contributed by atoms with E-state index in [4.69, 9.17) is 0 Å². The van der Waals surface area contributed by atoms with Gasteiger partial charge < -0.3 is 0 Å². The Bertz CT molecular complexity index is 1660. The van der Waals surface area contributed by atoms with Gasteiger partial charge >= 0.3 is 0 Å². The topological polar surface area (TPSA) is 0 Å². The molecule has 0 aliphatic rings. The fourth-order valence-electron chi connectivity index (χ4n) is 4.43. The summed E-state index contributed by atoms with van der Waals surface area (Å²) in [6, 6.07) is 13.6. The molecule has 0 saturated heterocycles. The second-order valence-corrected chi connectivity index (χ2v) is 8.40. The minimum absolute atomic E-state index is 0. The smallest absolute Gasteiger partial charge is 0.198 e. The number of benzene rings is 5. The first-order chi connectivity index (χ1) is 16.6. The standard InChI is InChI=1S/C28H15F7.Ga/c1-12-3-7-14(8-4-12)18-16-11-17(29)23(30)24(31)20(16)22-21(25(32)27(34)28(35)26(22)33)19(18)15-9-5-13(2)6-10-15;/h3-11H,1-2H3;. The van der Waals surface area contributed by atoms with Crippen LogP contribution < -0.4 is 0 Å². The van der Waals surface area contributed by atoms with E-state index < -0.39 is 56.9 Å². The van der Waals surface area contributed by atoms with Crippen LogP contribution in [-0.4, -0.2) is 19.8 Å². The monoisotopic (exact) mass is 553 g/mol. The van der Waals surface area contributed by atoms with E-state index in [-0.39, 0.29) is 41.9 Å². The van der Waals surface area contributed by atoms with Crippen LogP contribution in [0.4, 0.5) is 30.7 Å². The zero-order valence-corrected chi connectivity index (χ0v) is 21.3. The quantitative estimate of drug-likeness (QED) is 0.0675. The number of hydrogen-bond acceptors (Lipinski definition) is 0. The molecule has 0 heterocycles. The maximum Gasteiger partial charge on any atom is 0.198 e. The fourth-order valence-corrected chi connectivity index (χ4v) is 4.43. The molecular weight excluding hydrogens is 539 g/mol. The van der Waals surface area contributed by atoms with E-state index in [9.17, 15) is 17.6 Å². The van der Waals surface area contributed by atoms with E-state index >= 15 is 13.2 Å². The summed E-state index contributed by atoms with van der Waals surface area (Å²) in [7, 11) is 0. The van der Waals surface area contributed by atoms with Crippen molar-refractivity contribution in [1.29, 1.82) is 0 Å². The van der Waals surface area contributed by atoms with Crippen molar-refractivity contribution in [3.63, 3.8) is 0 Å². The second kappa shape index (κ2) is 9.33. The predicted molar refractivity (Wildman–Crippen MR) is 127 cm³/mol. The average molecular weight is 554 g/mol. The molecule has 0 nitrogen and oxygen atoms in total. The van der Waals surface area contributed by atoms with Crippen LogP contribution in [0.15, 0.2) is 54.6 Å². The second-order valence-electron chi connectivity index (χ2n) is 8.40. The number of fused-ring (bicyclic) bond motifs is 3. The van der Waals surface area contributed by atoms with Gasteiger partial charge in [-0.1, -0.05) is 59.7 Å². The van der Waals surface area contributed by atoms with E-state index in [1.807, 2.05) is 0 Å². The van der Waals surface area contributed by atoms with Crippen molar-refractivity contribution in [2.24, 2.45) is 0 Å². The van der Waals surface area contributed by atoms with E-state index in [2.05, 4.69) is 0 Å². The van der Waals surface area contributed by atoms with Gasteiger partial charge in [-0.15, -0.1) is 0 Å². The van der Waals surface area contributed by atoms with Crippen molar-refractivity contribution in [3.8, 4) is 22.3 Å². The fraction of sp³-hybridized carbons (Fsp3) is 0.0714. The molecule has 0 amide bonds. The summed E-state index contributed by atoms with van der Waals surface area (Å²) in [6.45, 7) is 3.58. The van der Waals surface area contributed by atoms with E-state index in [0.29, 0.717) is 11.6 Å². The first-order valence-corrected chi connectivity index (χ1v) is 10.5. The van der Waals surface area contributed by atoms with Gasteiger partial charge in [-0.2, -0.15) is 0 Å². The van der Waals surface area contributed by atoms with Crippen molar-refractivity contribution in [3.05, 3.63) is 106 Å². The van der Waals surface area contributed by atoms with Crippen LogP contribution in [0.5, 0.6) is 0 Å². The molecule has 5 rings (SSSR count). The van der Waals surface area contributed by atoms with E-state index in [1.54, 1.807) is 62.4 Å². The van der Waals surface area contributed by atoms with E-state index in [0.717, 1.165) is 11.1 Å². The van der Waals surface area contributed by atoms with Crippen LogP contribution >= 0.6 is 0 Å². The Labute approximate surface area is 214 Å². The van der Waals surface area contributed by atoms with Crippen molar-refractivity contribution >= 4 is 41.3 Å². The summed E-state index contributed by atoms with van der Waals surface area (Å²) in [6.07, 6.45) is 0. The molecule has 0 aliphatic carbocycles. The molecule has 0 saturated carbocycles. The molecule has 8 heteroatoms. The summed E-state index contributed by atoms with van der Waals surface area (Å²) < 4.78 is 103. The molecule has 5 aromatic rings. The molecule has 5 aromatic carbocycles. The zero-order chi connectivity index (χ0) is 25.2. The molecular formula is C28H15F7Ga. The van der Waals surface area contributed by atoms with Crippen LogP contribution in [0.2, 0.25) is 0 Å². The molecule has 179 valence electrons. The predicted octanol–water partition coefficient (Wildman–Crippen LogP) is 8.54. The molecule has 0 bridgehead atoms. The Kier molecular flexibility index (Phi) is 6.70. The summed E-state index contributed by atoms with van der Waals surface area (Å²) in [5.74, 6) is -13.3. The Morgan fingerprint density at radius 3 is 1.36 bits per heavy atom. The first kappa shape index (κ1) is 25.8. The SMILES string of the molecule is Cc1ccc(-c2c(-c3ccc(C)cc3)c3c(F)c(F)c(F)c(F)c3c3c(F)c(F)c(F)cc23)cc1.[Ga]. The Hall–Kier alpha value is -3.23. The normalized spacial score (nSPS) is 11.2. The molecule has 3 radical (unpaired) electrons. The maximum absolute atomic E-state index is 15.4. The molecule has 0 unspecified atom stereocenters. The zero-order valence-electron chi connectivity index (χ0n) is 18.9. The third-order valence-corrected chi connectivity index (χ3v) is 6.13. The Morgan fingerprint density at radius 2 is 0.861 bits per heavy atom. The first-order valence-electron chi connectivity index (χ1n) is 10.5. The van der Waals surface area contributed by atoms with Gasteiger partial charge in [0.25, 0.3) is 0 Å². The molecule has 0 N–H and O–H groups in total. The van der Waals surface area contributed by atoms with Gasteiger partial charge in [0, 0.05) is 41.5 Å². The van der Waals surface area contributed by atoms with Crippen molar-refractivity contribution in [2.45, 2.75) is 13.8 Å². The van der Waals surface area contributed by atoms with Gasteiger partial charge in [0.1, 0.15) is 0 Å². The number of halogens is 7. The molecule has 0 aliphatic heterocycles. The van der Waals surface area contributed by atoms with Crippen LogP contribution in [-0.2, 0) is 0 Å². The van der Waals surface area contributed by atoms with Crippen LogP contribution in [0.1, 0.15) is 11.1 Å². The van der Waals surface area contributed by atoms with Gasteiger partial charge in [-0.3, -0.25) is 0 Å². The largest absolute Gasteiger partial charge is 0.204 e. The van der Waals surface area contributed by atoms with Crippen LogP contribution in [0.3, 0.4) is 0 Å². The average Bonchev–Trinajstić information content (AvgIpc) is 2.84. The molecule has 0 aromatic heterocycles. The summed E-state index contributed by atoms with van der Waals surface area (Å²) >= 11 is 0. The van der Waals surface area contributed by atoms with Gasteiger partial charge in [0.2, 0.25) is 0 Å². The summed E-state index contributed by atoms with van der Waals surface area (Å²) in [4.78, 5) is 0. The Morgan fingerprint density at radius 1 is 0.444 bits per heavy atom.